The Morgan fingerprint density at radius 1 is 1.17 bits per heavy atom. The Kier molecular flexibility index (Phi) is 6.56. The van der Waals surface area contributed by atoms with E-state index in [9.17, 15) is 14.4 Å². The number of carboxylic acids is 1. The number of aliphatic carboxylic acids is 1. The normalized spacial score (nSPS) is 10.7. The van der Waals surface area contributed by atoms with E-state index >= 15 is 0 Å². The van der Waals surface area contributed by atoms with Crippen LogP contribution in [0.25, 0.3) is 0 Å². The molecule has 1 rings (SSSR count). The molecule has 0 aliphatic heterocycles. The number of carboxylic acid groups (broad SMARTS) is 1. The van der Waals surface area contributed by atoms with Crippen LogP contribution in [0.2, 0.25) is 0 Å². The Bertz CT molecular complexity index is 551. The third-order valence-corrected chi connectivity index (χ3v) is 2.68. The number of nitrogens with zero attached hydrogens (tertiary/aromatic N) is 1. The average Bonchev–Trinajstić information content (AvgIpc) is 2.43. The quantitative estimate of drug-likeness (QED) is 0.830. The second-order valence-electron chi connectivity index (χ2n) is 5.98. The van der Waals surface area contributed by atoms with Gasteiger partial charge in [0.05, 0.1) is 0 Å². The first-order chi connectivity index (χ1) is 10.7. The Morgan fingerprint density at radius 3 is 2.30 bits per heavy atom. The van der Waals surface area contributed by atoms with Crippen LogP contribution in [0, 0.1) is 0 Å². The molecular formula is C16H22N2O5. The Hall–Kier alpha value is -2.57. The maximum Gasteiger partial charge on any atom is 0.408 e. The van der Waals surface area contributed by atoms with Crippen molar-refractivity contribution in [1.29, 1.82) is 0 Å². The van der Waals surface area contributed by atoms with Crippen LogP contribution in [0.4, 0.5) is 4.79 Å². The number of amides is 2. The van der Waals surface area contributed by atoms with Crippen molar-refractivity contribution in [2.45, 2.75) is 32.9 Å². The van der Waals surface area contributed by atoms with Gasteiger partial charge in [0.1, 0.15) is 18.7 Å². The highest BCUT2D eigenvalue weighted by molar-refractivity contribution is 5.85. The third-order valence-electron chi connectivity index (χ3n) is 2.68. The fourth-order valence-electron chi connectivity index (χ4n) is 1.77. The van der Waals surface area contributed by atoms with Crippen LogP contribution < -0.4 is 5.32 Å². The minimum atomic E-state index is -1.12. The van der Waals surface area contributed by atoms with Gasteiger partial charge >= 0.3 is 12.1 Å². The predicted octanol–water partition coefficient (Wildman–Crippen LogP) is 1.62. The lowest BCUT2D eigenvalue weighted by molar-refractivity contribution is -0.144. The maximum absolute atomic E-state index is 12.1. The largest absolute Gasteiger partial charge is 0.480 e. The summed E-state index contributed by atoms with van der Waals surface area (Å²) in [6, 6.07) is 9.03. The van der Waals surface area contributed by atoms with Gasteiger partial charge in [-0.1, -0.05) is 30.3 Å². The van der Waals surface area contributed by atoms with Gasteiger partial charge in [-0.25, -0.2) is 4.79 Å². The molecule has 0 bridgehead atoms. The first kappa shape index (κ1) is 18.5. The van der Waals surface area contributed by atoms with E-state index < -0.39 is 30.1 Å². The summed E-state index contributed by atoms with van der Waals surface area (Å²) in [5, 5.41) is 11.3. The second-order valence-corrected chi connectivity index (χ2v) is 5.98. The number of hydrogen-bond acceptors (Lipinski definition) is 4. The Labute approximate surface area is 135 Å². The predicted molar refractivity (Wildman–Crippen MR) is 83.7 cm³/mol. The molecule has 23 heavy (non-hydrogen) atoms. The summed E-state index contributed by atoms with van der Waals surface area (Å²) in [5.74, 6) is -1.62. The minimum Gasteiger partial charge on any atom is -0.480 e. The molecule has 7 heteroatoms. The highest BCUT2D eigenvalue weighted by Gasteiger charge is 2.20. The number of carbonyl (C=O) groups is 3. The van der Waals surface area contributed by atoms with Crippen molar-refractivity contribution in [3.8, 4) is 0 Å². The van der Waals surface area contributed by atoms with Crippen LogP contribution in [-0.2, 0) is 20.9 Å². The van der Waals surface area contributed by atoms with Crippen LogP contribution in [0.5, 0.6) is 0 Å². The van der Waals surface area contributed by atoms with Gasteiger partial charge in [-0.3, -0.25) is 9.59 Å². The molecule has 0 aliphatic carbocycles. The molecule has 1 aromatic rings. The smallest absolute Gasteiger partial charge is 0.408 e. The van der Waals surface area contributed by atoms with Crippen molar-refractivity contribution in [2.24, 2.45) is 0 Å². The van der Waals surface area contributed by atoms with Crippen molar-refractivity contribution in [2.75, 3.05) is 13.1 Å². The van der Waals surface area contributed by atoms with Crippen molar-refractivity contribution in [3.05, 3.63) is 35.9 Å². The summed E-state index contributed by atoms with van der Waals surface area (Å²) in [6.07, 6.45) is -0.721. The molecule has 0 spiro atoms. The van der Waals surface area contributed by atoms with Crippen molar-refractivity contribution in [3.63, 3.8) is 0 Å². The van der Waals surface area contributed by atoms with Gasteiger partial charge in [0.25, 0.3) is 0 Å². The van der Waals surface area contributed by atoms with Crippen LogP contribution >= 0.6 is 0 Å². The van der Waals surface area contributed by atoms with Gasteiger partial charge in [0.2, 0.25) is 5.91 Å². The summed E-state index contributed by atoms with van der Waals surface area (Å²) in [6.45, 7) is 4.52. The molecule has 0 fully saturated rings. The topological polar surface area (TPSA) is 95.9 Å². The molecule has 0 saturated carbocycles. The van der Waals surface area contributed by atoms with Gasteiger partial charge < -0.3 is 20.1 Å². The molecular weight excluding hydrogens is 300 g/mol. The second kappa shape index (κ2) is 8.17. The number of nitrogens with one attached hydrogen (secondary N) is 1. The Balaban J connectivity index is 2.62. The lowest BCUT2D eigenvalue weighted by atomic mass is 10.2. The summed E-state index contributed by atoms with van der Waals surface area (Å²) in [5.41, 5.74) is 0.136. The van der Waals surface area contributed by atoms with E-state index in [1.54, 1.807) is 45.0 Å². The molecule has 0 aromatic heterocycles. The van der Waals surface area contributed by atoms with Crippen LogP contribution in [-0.4, -0.2) is 46.7 Å². The number of benzene rings is 1. The van der Waals surface area contributed by atoms with E-state index in [2.05, 4.69) is 5.32 Å². The van der Waals surface area contributed by atoms with E-state index in [1.165, 1.54) is 0 Å². The van der Waals surface area contributed by atoms with Crippen molar-refractivity contribution < 1.29 is 24.2 Å². The number of rotatable bonds is 6. The summed E-state index contributed by atoms with van der Waals surface area (Å²) in [7, 11) is 0. The number of carbonyl (C=O) groups excluding carboxylic acids is 2. The molecule has 0 atom stereocenters. The zero-order valence-corrected chi connectivity index (χ0v) is 13.5. The molecule has 0 saturated heterocycles. The average molecular weight is 322 g/mol. The monoisotopic (exact) mass is 322 g/mol. The fraction of sp³-hybridized carbons (Fsp3) is 0.438. The highest BCUT2D eigenvalue weighted by Crippen LogP contribution is 2.07. The van der Waals surface area contributed by atoms with Crippen LogP contribution in [0.3, 0.4) is 0 Å². The maximum atomic E-state index is 12.1. The zero-order chi connectivity index (χ0) is 17.5. The molecule has 2 N–H and O–H groups in total. The highest BCUT2D eigenvalue weighted by atomic mass is 16.6. The Morgan fingerprint density at radius 2 is 1.78 bits per heavy atom. The van der Waals surface area contributed by atoms with Crippen LogP contribution in [0.1, 0.15) is 26.3 Å². The molecule has 2 amide bonds. The number of hydrogen-bond donors (Lipinski definition) is 2. The molecule has 0 radical (unpaired) electrons. The molecule has 1 aromatic carbocycles. The van der Waals surface area contributed by atoms with E-state index in [4.69, 9.17) is 9.84 Å². The molecule has 7 nitrogen and oxygen atoms in total. The summed E-state index contributed by atoms with van der Waals surface area (Å²) in [4.78, 5) is 35.8. The van der Waals surface area contributed by atoms with Crippen molar-refractivity contribution >= 4 is 18.0 Å². The van der Waals surface area contributed by atoms with Gasteiger partial charge in [-0.05, 0) is 26.3 Å². The fourth-order valence-corrected chi connectivity index (χ4v) is 1.77. The van der Waals surface area contributed by atoms with Crippen molar-refractivity contribution in [1.82, 2.24) is 10.2 Å². The molecule has 126 valence electrons. The van der Waals surface area contributed by atoms with E-state index in [0.717, 1.165) is 10.5 Å². The third kappa shape index (κ3) is 7.85. The van der Waals surface area contributed by atoms with Gasteiger partial charge in [-0.2, -0.15) is 0 Å². The number of alkyl carbamates (subject to hydrolysis) is 1. The van der Waals surface area contributed by atoms with Gasteiger partial charge in [0, 0.05) is 6.54 Å². The summed E-state index contributed by atoms with van der Waals surface area (Å²) < 4.78 is 5.03. The lowest BCUT2D eigenvalue weighted by Crippen LogP contribution is -2.43. The minimum absolute atomic E-state index is 0.155. The zero-order valence-electron chi connectivity index (χ0n) is 13.5. The SMILES string of the molecule is CC(C)(C)OC(=O)NCC(=O)N(CC(=O)O)Cc1ccccc1. The van der Waals surface area contributed by atoms with Gasteiger partial charge in [-0.15, -0.1) is 0 Å². The van der Waals surface area contributed by atoms with E-state index in [-0.39, 0.29) is 13.1 Å². The standard InChI is InChI=1S/C16H22N2O5/c1-16(2,3)23-15(22)17-9-13(19)18(11-14(20)21)10-12-7-5-4-6-8-12/h4-8H,9-11H2,1-3H3,(H,17,22)(H,20,21). The van der Waals surface area contributed by atoms with E-state index in [1.807, 2.05) is 6.07 Å². The van der Waals surface area contributed by atoms with Gasteiger partial charge in [0.15, 0.2) is 0 Å². The van der Waals surface area contributed by atoms with E-state index in [0.29, 0.717) is 0 Å². The summed E-state index contributed by atoms with van der Waals surface area (Å²) >= 11 is 0. The number of ether oxygens (including phenoxy) is 1. The lowest BCUT2D eigenvalue weighted by Gasteiger charge is -2.22. The first-order valence-electron chi connectivity index (χ1n) is 7.18. The molecule has 0 unspecified atom stereocenters. The first-order valence-corrected chi connectivity index (χ1v) is 7.18. The molecule has 0 heterocycles. The van der Waals surface area contributed by atoms with Crippen LogP contribution in [0.15, 0.2) is 30.3 Å². The molecule has 0 aliphatic rings.